The number of ether oxygens (including phenoxy) is 1. The van der Waals surface area contributed by atoms with E-state index in [0.29, 0.717) is 11.3 Å². The minimum atomic E-state index is -2.59. The van der Waals surface area contributed by atoms with Crippen LogP contribution in [0.4, 0.5) is 18.9 Å². The molecule has 2 aromatic rings. The molecule has 0 fully saturated rings. The summed E-state index contributed by atoms with van der Waals surface area (Å²) in [4.78, 5) is 12.0. The highest BCUT2D eigenvalue weighted by molar-refractivity contribution is 5.93. The molecule has 0 bridgehead atoms. The van der Waals surface area contributed by atoms with Crippen LogP contribution in [0.15, 0.2) is 42.5 Å². The van der Waals surface area contributed by atoms with Gasteiger partial charge in [0.25, 0.3) is 6.43 Å². The van der Waals surface area contributed by atoms with Crippen molar-refractivity contribution in [2.75, 3.05) is 12.4 Å². The van der Waals surface area contributed by atoms with Gasteiger partial charge in [-0.25, -0.2) is 13.2 Å². The van der Waals surface area contributed by atoms with Gasteiger partial charge in [0, 0.05) is 11.6 Å². The summed E-state index contributed by atoms with van der Waals surface area (Å²) in [5, 5.41) is 2.51. The molecule has 0 radical (unpaired) electrons. The zero-order chi connectivity index (χ0) is 16.1. The molecule has 0 saturated carbocycles. The van der Waals surface area contributed by atoms with Gasteiger partial charge >= 0.3 is 0 Å². The quantitative estimate of drug-likeness (QED) is 0.908. The predicted octanol–water partition coefficient (Wildman–Crippen LogP) is 3.95. The molecule has 2 aromatic carbocycles. The fourth-order valence-electron chi connectivity index (χ4n) is 2.00. The molecular formula is C16H14F3NO2. The van der Waals surface area contributed by atoms with Crippen molar-refractivity contribution >= 4 is 11.6 Å². The Morgan fingerprint density at radius 3 is 2.68 bits per heavy atom. The maximum absolute atomic E-state index is 13.2. The molecule has 0 spiro atoms. The van der Waals surface area contributed by atoms with Crippen molar-refractivity contribution in [1.82, 2.24) is 0 Å². The lowest BCUT2D eigenvalue weighted by Crippen LogP contribution is -2.15. The second-order valence-electron chi connectivity index (χ2n) is 4.62. The van der Waals surface area contributed by atoms with E-state index in [1.54, 1.807) is 6.07 Å². The molecule has 22 heavy (non-hydrogen) atoms. The number of alkyl halides is 2. The standard InChI is InChI=1S/C16H14F3NO2/c1-22-14-6-5-12(17)9-13(14)20-15(21)8-10-3-2-4-11(7-10)16(18)19/h2-7,9,16H,8H2,1H3,(H,20,21). The SMILES string of the molecule is COc1ccc(F)cc1NC(=O)Cc1cccc(C(F)F)c1. The van der Waals surface area contributed by atoms with Gasteiger partial charge in [-0.15, -0.1) is 0 Å². The minimum Gasteiger partial charge on any atom is -0.495 e. The Kier molecular flexibility index (Phi) is 5.04. The summed E-state index contributed by atoms with van der Waals surface area (Å²) in [6.45, 7) is 0. The van der Waals surface area contributed by atoms with Crippen molar-refractivity contribution in [2.45, 2.75) is 12.8 Å². The van der Waals surface area contributed by atoms with Gasteiger partial charge in [-0.05, 0) is 23.8 Å². The molecule has 0 aromatic heterocycles. The summed E-state index contributed by atoms with van der Waals surface area (Å²) in [5.74, 6) is -0.651. The van der Waals surface area contributed by atoms with Crippen LogP contribution in [0.3, 0.4) is 0 Å². The number of carbonyl (C=O) groups is 1. The number of hydrogen-bond donors (Lipinski definition) is 1. The van der Waals surface area contributed by atoms with Crippen LogP contribution in [0, 0.1) is 5.82 Å². The summed E-state index contributed by atoms with van der Waals surface area (Å²) in [5.41, 5.74) is 0.497. The second kappa shape index (κ2) is 6.98. The highest BCUT2D eigenvalue weighted by Crippen LogP contribution is 2.25. The van der Waals surface area contributed by atoms with E-state index < -0.39 is 18.1 Å². The number of benzene rings is 2. The second-order valence-corrected chi connectivity index (χ2v) is 4.62. The topological polar surface area (TPSA) is 38.3 Å². The maximum Gasteiger partial charge on any atom is 0.263 e. The Morgan fingerprint density at radius 2 is 2.00 bits per heavy atom. The molecule has 0 saturated heterocycles. The van der Waals surface area contributed by atoms with Crippen molar-refractivity contribution in [2.24, 2.45) is 0 Å². The van der Waals surface area contributed by atoms with Gasteiger partial charge < -0.3 is 10.1 Å². The summed E-state index contributed by atoms with van der Waals surface area (Å²) in [6, 6.07) is 9.34. The fraction of sp³-hybridized carbons (Fsp3) is 0.188. The van der Waals surface area contributed by atoms with E-state index in [-0.39, 0.29) is 17.7 Å². The Hall–Kier alpha value is -2.50. The van der Waals surface area contributed by atoms with Crippen molar-refractivity contribution < 1.29 is 22.7 Å². The van der Waals surface area contributed by atoms with E-state index in [1.807, 2.05) is 0 Å². The first kappa shape index (κ1) is 15.9. The molecule has 0 aliphatic rings. The minimum absolute atomic E-state index is 0.0970. The zero-order valence-corrected chi connectivity index (χ0v) is 11.8. The lowest BCUT2D eigenvalue weighted by molar-refractivity contribution is -0.115. The third kappa shape index (κ3) is 4.00. The average Bonchev–Trinajstić information content (AvgIpc) is 2.47. The van der Waals surface area contributed by atoms with Crippen LogP contribution in [-0.4, -0.2) is 13.0 Å². The van der Waals surface area contributed by atoms with Crippen LogP contribution in [0.2, 0.25) is 0 Å². The molecule has 0 aliphatic heterocycles. The van der Waals surface area contributed by atoms with Gasteiger partial charge in [0.05, 0.1) is 19.2 Å². The summed E-state index contributed by atoms with van der Waals surface area (Å²) >= 11 is 0. The lowest BCUT2D eigenvalue weighted by Gasteiger charge is -2.10. The van der Waals surface area contributed by atoms with Gasteiger partial charge in [-0.3, -0.25) is 4.79 Å². The number of rotatable bonds is 5. The number of amides is 1. The first-order chi connectivity index (χ1) is 10.5. The maximum atomic E-state index is 13.2. The Balaban J connectivity index is 2.10. The number of anilines is 1. The van der Waals surface area contributed by atoms with E-state index in [2.05, 4.69) is 5.32 Å². The molecule has 6 heteroatoms. The van der Waals surface area contributed by atoms with E-state index >= 15 is 0 Å². The summed E-state index contributed by atoms with van der Waals surface area (Å²) < 4.78 is 43.5. The third-order valence-electron chi connectivity index (χ3n) is 3.00. The van der Waals surface area contributed by atoms with Gasteiger partial charge in [0.15, 0.2) is 0 Å². The molecule has 0 unspecified atom stereocenters. The normalized spacial score (nSPS) is 10.6. The molecule has 116 valence electrons. The Bertz CT molecular complexity index is 674. The number of hydrogen-bond acceptors (Lipinski definition) is 2. The number of nitrogens with one attached hydrogen (secondary N) is 1. The Labute approximate surface area is 125 Å². The number of halogens is 3. The van der Waals surface area contributed by atoms with Crippen molar-refractivity contribution in [3.8, 4) is 5.75 Å². The fourth-order valence-corrected chi connectivity index (χ4v) is 2.00. The summed E-state index contributed by atoms with van der Waals surface area (Å²) in [6.07, 6.45) is -2.69. The monoisotopic (exact) mass is 309 g/mol. The zero-order valence-electron chi connectivity index (χ0n) is 11.8. The largest absolute Gasteiger partial charge is 0.495 e. The molecule has 0 aliphatic carbocycles. The van der Waals surface area contributed by atoms with Gasteiger partial charge in [-0.1, -0.05) is 18.2 Å². The van der Waals surface area contributed by atoms with E-state index in [0.717, 1.165) is 6.07 Å². The molecule has 0 atom stereocenters. The van der Waals surface area contributed by atoms with Gasteiger partial charge in [-0.2, -0.15) is 0 Å². The van der Waals surface area contributed by atoms with Crippen molar-refractivity contribution in [1.29, 1.82) is 0 Å². The van der Waals surface area contributed by atoms with Crippen molar-refractivity contribution in [3.63, 3.8) is 0 Å². The van der Waals surface area contributed by atoms with Crippen LogP contribution in [-0.2, 0) is 11.2 Å². The molecule has 3 nitrogen and oxygen atoms in total. The number of carbonyl (C=O) groups excluding carboxylic acids is 1. The smallest absolute Gasteiger partial charge is 0.263 e. The first-order valence-electron chi connectivity index (χ1n) is 6.50. The average molecular weight is 309 g/mol. The van der Waals surface area contributed by atoms with Gasteiger partial charge in [0.1, 0.15) is 11.6 Å². The van der Waals surface area contributed by atoms with E-state index in [1.165, 1.54) is 37.4 Å². The van der Waals surface area contributed by atoms with Crippen LogP contribution in [0.1, 0.15) is 17.6 Å². The van der Waals surface area contributed by atoms with Crippen LogP contribution in [0.5, 0.6) is 5.75 Å². The number of methoxy groups -OCH3 is 1. The summed E-state index contributed by atoms with van der Waals surface area (Å²) in [7, 11) is 1.40. The lowest BCUT2D eigenvalue weighted by atomic mass is 10.1. The molecular weight excluding hydrogens is 295 g/mol. The first-order valence-corrected chi connectivity index (χ1v) is 6.50. The van der Waals surface area contributed by atoms with Crippen molar-refractivity contribution in [3.05, 3.63) is 59.4 Å². The molecule has 0 heterocycles. The Morgan fingerprint density at radius 1 is 1.23 bits per heavy atom. The van der Waals surface area contributed by atoms with Crippen LogP contribution < -0.4 is 10.1 Å². The molecule has 1 amide bonds. The highest BCUT2D eigenvalue weighted by atomic mass is 19.3. The van der Waals surface area contributed by atoms with Crippen LogP contribution >= 0.6 is 0 Å². The predicted molar refractivity (Wildman–Crippen MR) is 76.7 cm³/mol. The van der Waals surface area contributed by atoms with E-state index in [4.69, 9.17) is 4.74 Å². The highest BCUT2D eigenvalue weighted by Gasteiger charge is 2.12. The van der Waals surface area contributed by atoms with Gasteiger partial charge in [0.2, 0.25) is 5.91 Å². The molecule has 2 rings (SSSR count). The third-order valence-corrected chi connectivity index (χ3v) is 3.00. The van der Waals surface area contributed by atoms with E-state index in [9.17, 15) is 18.0 Å². The van der Waals surface area contributed by atoms with Crippen LogP contribution in [0.25, 0.3) is 0 Å². The molecule has 1 N–H and O–H groups in total.